The van der Waals surface area contributed by atoms with Crippen molar-refractivity contribution < 1.29 is 9.90 Å². The molecule has 29 heavy (non-hydrogen) atoms. The highest BCUT2D eigenvalue weighted by molar-refractivity contribution is 6.35. The lowest BCUT2D eigenvalue weighted by atomic mass is 10.0. The Hall–Kier alpha value is -3.70. The predicted molar refractivity (Wildman–Crippen MR) is 112 cm³/mol. The maximum absolute atomic E-state index is 13.4. The minimum absolute atomic E-state index is 0.121. The van der Waals surface area contributed by atoms with Gasteiger partial charge in [0.05, 0.1) is 10.7 Å². The fourth-order valence-corrected chi connectivity index (χ4v) is 3.31. The van der Waals surface area contributed by atoms with E-state index in [9.17, 15) is 14.7 Å². The molecule has 0 atom stereocenters. The van der Waals surface area contributed by atoms with Crippen LogP contribution in [0.2, 0.25) is 5.02 Å². The van der Waals surface area contributed by atoms with Gasteiger partial charge in [0.1, 0.15) is 0 Å². The van der Waals surface area contributed by atoms with Crippen molar-refractivity contribution in [3.63, 3.8) is 0 Å². The first-order chi connectivity index (χ1) is 14.1. The van der Waals surface area contributed by atoms with E-state index in [0.29, 0.717) is 11.3 Å². The Morgan fingerprint density at radius 1 is 0.862 bits per heavy atom. The lowest BCUT2D eigenvalue weighted by Crippen LogP contribution is -2.28. The van der Waals surface area contributed by atoms with Crippen molar-refractivity contribution in [2.24, 2.45) is 0 Å². The number of halogens is 1. The number of aromatic nitrogens is 2. The third kappa shape index (κ3) is 3.44. The molecule has 0 spiro atoms. The van der Waals surface area contributed by atoms with Crippen molar-refractivity contribution in [1.82, 2.24) is 9.55 Å². The molecule has 0 bridgehead atoms. The smallest absolute Gasteiger partial charge is 0.273 e. The molecule has 0 aliphatic rings. The van der Waals surface area contributed by atoms with Crippen molar-refractivity contribution in [2.75, 3.05) is 0 Å². The standard InChI is InChI=1S/C23H15ClN2O3/c24-18-14-8-7-13-17(18)20(27)19-22(28)25-21(15-9-3-1-4-10-15)26(23(19)29)16-11-5-2-6-12-16/h1-14,28H. The number of hydrogen-bond donors (Lipinski definition) is 1. The number of aromatic hydroxyl groups is 1. The molecular formula is C23H15ClN2O3. The van der Waals surface area contributed by atoms with Gasteiger partial charge in [-0.1, -0.05) is 72.3 Å². The topological polar surface area (TPSA) is 72.2 Å². The van der Waals surface area contributed by atoms with Gasteiger partial charge in [-0.2, -0.15) is 4.98 Å². The normalized spacial score (nSPS) is 10.7. The molecule has 3 aromatic carbocycles. The van der Waals surface area contributed by atoms with Gasteiger partial charge >= 0.3 is 0 Å². The summed E-state index contributed by atoms with van der Waals surface area (Å²) in [4.78, 5) is 30.7. The summed E-state index contributed by atoms with van der Waals surface area (Å²) in [6, 6.07) is 24.2. The van der Waals surface area contributed by atoms with Crippen LogP contribution in [0.15, 0.2) is 89.7 Å². The summed E-state index contributed by atoms with van der Waals surface area (Å²) in [6.45, 7) is 0. The Kier molecular flexibility index (Phi) is 4.97. The van der Waals surface area contributed by atoms with Crippen LogP contribution in [0.3, 0.4) is 0 Å². The third-order valence-corrected chi connectivity index (χ3v) is 4.79. The van der Waals surface area contributed by atoms with E-state index in [0.717, 1.165) is 0 Å². The molecule has 0 amide bonds. The van der Waals surface area contributed by atoms with Gasteiger partial charge in [0.25, 0.3) is 5.56 Å². The zero-order chi connectivity index (χ0) is 20.4. The highest BCUT2D eigenvalue weighted by Gasteiger charge is 2.25. The molecule has 4 rings (SSSR count). The van der Waals surface area contributed by atoms with Crippen LogP contribution < -0.4 is 5.56 Å². The van der Waals surface area contributed by atoms with Gasteiger partial charge in [-0.15, -0.1) is 0 Å². The Morgan fingerprint density at radius 2 is 1.45 bits per heavy atom. The average molecular weight is 403 g/mol. The van der Waals surface area contributed by atoms with E-state index in [-0.39, 0.29) is 16.4 Å². The highest BCUT2D eigenvalue weighted by atomic mass is 35.5. The van der Waals surface area contributed by atoms with Gasteiger partial charge in [0.15, 0.2) is 11.4 Å². The minimum Gasteiger partial charge on any atom is -0.493 e. The lowest BCUT2D eigenvalue weighted by molar-refractivity contribution is 0.103. The van der Waals surface area contributed by atoms with Crippen molar-refractivity contribution in [2.45, 2.75) is 0 Å². The van der Waals surface area contributed by atoms with Gasteiger partial charge in [-0.3, -0.25) is 14.2 Å². The van der Waals surface area contributed by atoms with Crippen LogP contribution in [0.1, 0.15) is 15.9 Å². The van der Waals surface area contributed by atoms with E-state index in [1.165, 1.54) is 10.6 Å². The molecule has 0 unspecified atom stereocenters. The van der Waals surface area contributed by atoms with Gasteiger partial charge in [-0.05, 0) is 24.3 Å². The van der Waals surface area contributed by atoms with E-state index in [4.69, 9.17) is 11.6 Å². The van der Waals surface area contributed by atoms with E-state index in [2.05, 4.69) is 4.98 Å². The third-order valence-electron chi connectivity index (χ3n) is 4.46. The second-order valence-electron chi connectivity index (χ2n) is 6.29. The molecule has 1 aromatic heterocycles. The quantitative estimate of drug-likeness (QED) is 0.510. The van der Waals surface area contributed by atoms with Crippen molar-refractivity contribution >= 4 is 17.4 Å². The Balaban J connectivity index is 2.02. The largest absolute Gasteiger partial charge is 0.493 e. The summed E-state index contributed by atoms with van der Waals surface area (Å²) in [7, 11) is 0. The van der Waals surface area contributed by atoms with E-state index < -0.39 is 22.8 Å². The maximum atomic E-state index is 13.4. The Morgan fingerprint density at radius 3 is 2.10 bits per heavy atom. The number of ketones is 1. The average Bonchev–Trinajstić information content (AvgIpc) is 2.75. The first-order valence-corrected chi connectivity index (χ1v) is 9.22. The van der Waals surface area contributed by atoms with Crippen LogP contribution in [0.5, 0.6) is 5.88 Å². The lowest BCUT2D eigenvalue weighted by Gasteiger charge is -2.15. The number of carbonyl (C=O) groups excluding carboxylic acids is 1. The fraction of sp³-hybridized carbons (Fsp3) is 0. The minimum atomic E-state index is -0.685. The summed E-state index contributed by atoms with van der Waals surface area (Å²) in [5.41, 5.74) is 0.169. The predicted octanol–water partition coefficient (Wildman–Crippen LogP) is 4.49. The zero-order valence-electron chi connectivity index (χ0n) is 15.1. The van der Waals surface area contributed by atoms with Crippen molar-refractivity contribution in [3.8, 4) is 23.0 Å². The Labute approximate surface area is 171 Å². The monoisotopic (exact) mass is 402 g/mol. The first-order valence-electron chi connectivity index (χ1n) is 8.84. The number of benzene rings is 3. The fourth-order valence-electron chi connectivity index (χ4n) is 3.09. The summed E-state index contributed by atoms with van der Waals surface area (Å²) in [6.07, 6.45) is 0. The molecule has 6 heteroatoms. The molecule has 0 radical (unpaired) electrons. The van der Waals surface area contributed by atoms with Crippen LogP contribution >= 0.6 is 11.6 Å². The molecule has 0 aliphatic carbocycles. The van der Waals surface area contributed by atoms with Gasteiger partial charge in [0, 0.05) is 11.1 Å². The van der Waals surface area contributed by atoms with Crippen LogP contribution in [-0.4, -0.2) is 20.4 Å². The number of hydrogen-bond acceptors (Lipinski definition) is 4. The molecule has 0 aliphatic heterocycles. The van der Waals surface area contributed by atoms with Gasteiger partial charge in [0.2, 0.25) is 11.7 Å². The molecule has 1 N–H and O–H groups in total. The number of carbonyl (C=O) groups is 1. The van der Waals surface area contributed by atoms with E-state index in [1.54, 1.807) is 66.7 Å². The second-order valence-corrected chi connectivity index (χ2v) is 6.69. The molecule has 0 fully saturated rings. The summed E-state index contributed by atoms with van der Waals surface area (Å²) in [5, 5.41) is 10.7. The summed E-state index contributed by atoms with van der Waals surface area (Å²) in [5.74, 6) is -1.09. The van der Waals surface area contributed by atoms with E-state index in [1.807, 2.05) is 12.1 Å². The molecular weight excluding hydrogens is 388 g/mol. The molecule has 0 saturated carbocycles. The SMILES string of the molecule is O=C(c1ccccc1Cl)c1c(O)nc(-c2ccccc2)n(-c2ccccc2)c1=O. The first kappa shape index (κ1) is 18.7. The van der Waals surface area contributed by atoms with Crippen molar-refractivity contribution in [1.29, 1.82) is 0 Å². The van der Waals surface area contributed by atoms with Crippen LogP contribution in [0.25, 0.3) is 17.1 Å². The Bertz CT molecular complexity index is 1250. The molecule has 1 heterocycles. The maximum Gasteiger partial charge on any atom is 0.273 e. The van der Waals surface area contributed by atoms with Crippen LogP contribution in [0, 0.1) is 0 Å². The molecule has 0 saturated heterocycles. The van der Waals surface area contributed by atoms with Crippen molar-refractivity contribution in [3.05, 3.63) is 111 Å². The van der Waals surface area contributed by atoms with Gasteiger partial charge < -0.3 is 5.11 Å². The molecule has 4 aromatic rings. The number of nitrogens with zero attached hydrogens (tertiary/aromatic N) is 2. The van der Waals surface area contributed by atoms with E-state index >= 15 is 0 Å². The number of para-hydroxylation sites is 1. The highest BCUT2D eigenvalue weighted by Crippen LogP contribution is 2.26. The van der Waals surface area contributed by atoms with Gasteiger partial charge in [-0.25, -0.2) is 0 Å². The summed E-state index contributed by atoms with van der Waals surface area (Å²) < 4.78 is 1.32. The van der Waals surface area contributed by atoms with Crippen LogP contribution in [0.4, 0.5) is 0 Å². The zero-order valence-corrected chi connectivity index (χ0v) is 15.9. The second kappa shape index (κ2) is 7.73. The molecule has 142 valence electrons. The molecule has 5 nitrogen and oxygen atoms in total. The van der Waals surface area contributed by atoms with Crippen LogP contribution in [-0.2, 0) is 0 Å². The number of rotatable bonds is 4. The summed E-state index contributed by atoms with van der Waals surface area (Å²) >= 11 is 6.13.